The molecule has 0 atom stereocenters. The number of hydrogen-bond donors (Lipinski definition) is 1. The molecule has 0 saturated carbocycles. The molecular formula is C12H14BrClN2O. The van der Waals surface area contributed by atoms with Gasteiger partial charge in [0.15, 0.2) is 0 Å². The van der Waals surface area contributed by atoms with Crippen LogP contribution in [0.2, 0.25) is 5.02 Å². The van der Waals surface area contributed by atoms with Crippen molar-refractivity contribution in [3.05, 3.63) is 33.3 Å². The fraction of sp³-hybridized carbons (Fsp3) is 0.417. The number of hydrogen-bond acceptors (Lipinski definition) is 2. The minimum absolute atomic E-state index is 0.0279. The Bertz CT molecular complexity index is 410. The van der Waals surface area contributed by atoms with Crippen LogP contribution in [-0.2, 0) is 0 Å². The van der Waals surface area contributed by atoms with Gasteiger partial charge in [0.2, 0.25) is 0 Å². The second-order valence-corrected chi connectivity index (χ2v) is 5.64. The lowest BCUT2D eigenvalue weighted by Crippen LogP contribution is -2.42. The molecule has 5 heteroatoms. The van der Waals surface area contributed by atoms with Crippen molar-refractivity contribution < 1.29 is 4.79 Å². The number of carbonyl (C=O) groups excluding carboxylic acids is 1. The Hall–Kier alpha value is -0.580. The van der Waals surface area contributed by atoms with Crippen LogP contribution in [0.15, 0.2) is 22.7 Å². The molecule has 1 amide bonds. The molecule has 0 aliphatic carbocycles. The van der Waals surface area contributed by atoms with Gasteiger partial charge in [-0.3, -0.25) is 4.79 Å². The topological polar surface area (TPSA) is 46.3 Å². The average Bonchev–Trinajstić information content (AvgIpc) is 2.28. The first-order valence-electron chi connectivity index (χ1n) is 5.57. The van der Waals surface area contributed by atoms with Crippen LogP contribution in [0.4, 0.5) is 0 Å². The van der Waals surface area contributed by atoms with Crippen LogP contribution >= 0.6 is 27.5 Å². The van der Waals surface area contributed by atoms with Gasteiger partial charge in [0, 0.05) is 34.2 Å². The maximum Gasteiger partial charge on any atom is 0.253 e. The smallest absolute Gasteiger partial charge is 0.253 e. The van der Waals surface area contributed by atoms with Gasteiger partial charge in [-0.2, -0.15) is 0 Å². The Morgan fingerprint density at radius 3 is 2.59 bits per heavy atom. The molecule has 1 fully saturated rings. The Morgan fingerprint density at radius 1 is 1.35 bits per heavy atom. The van der Waals surface area contributed by atoms with Gasteiger partial charge in [-0.1, -0.05) is 27.5 Å². The fourth-order valence-corrected chi connectivity index (χ4v) is 2.82. The molecule has 2 rings (SSSR count). The molecule has 1 saturated heterocycles. The van der Waals surface area contributed by atoms with E-state index in [-0.39, 0.29) is 11.9 Å². The Balaban J connectivity index is 2.14. The predicted molar refractivity (Wildman–Crippen MR) is 72.3 cm³/mol. The molecule has 3 nitrogen and oxygen atoms in total. The van der Waals surface area contributed by atoms with Gasteiger partial charge < -0.3 is 10.6 Å². The first-order valence-corrected chi connectivity index (χ1v) is 6.74. The van der Waals surface area contributed by atoms with Crippen LogP contribution in [-0.4, -0.2) is 29.9 Å². The van der Waals surface area contributed by atoms with Gasteiger partial charge in [-0.05, 0) is 31.0 Å². The number of benzene rings is 1. The largest absolute Gasteiger partial charge is 0.339 e. The Labute approximate surface area is 114 Å². The van der Waals surface area contributed by atoms with E-state index in [0.717, 1.165) is 30.4 Å². The van der Waals surface area contributed by atoms with Crippen LogP contribution in [0.25, 0.3) is 0 Å². The summed E-state index contributed by atoms with van der Waals surface area (Å²) in [4.78, 5) is 14.1. The maximum absolute atomic E-state index is 12.2. The molecule has 2 N–H and O–H groups in total. The van der Waals surface area contributed by atoms with Crippen molar-refractivity contribution in [2.45, 2.75) is 18.9 Å². The lowest BCUT2D eigenvalue weighted by atomic mass is 10.0. The van der Waals surface area contributed by atoms with E-state index in [2.05, 4.69) is 15.9 Å². The molecule has 1 aliphatic rings. The molecule has 0 radical (unpaired) electrons. The summed E-state index contributed by atoms with van der Waals surface area (Å²) in [6.07, 6.45) is 1.74. The first kappa shape index (κ1) is 12.9. The van der Waals surface area contributed by atoms with Crippen LogP contribution in [0, 0.1) is 0 Å². The predicted octanol–water partition coefficient (Wildman–Crippen LogP) is 2.67. The second-order valence-electron chi connectivity index (χ2n) is 4.29. The summed E-state index contributed by atoms with van der Waals surface area (Å²) >= 11 is 9.28. The van der Waals surface area contributed by atoms with E-state index >= 15 is 0 Å². The highest BCUT2D eigenvalue weighted by Crippen LogP contribution is 2.21. The van der Waals surface area contributed by atoms with E-state index < -0.39 is 0 Å². The molecule has 0 spiro atoms. The molecule has 17 heavy (non-hydrogen) atoms. The normalized spacial score (nSPS) is 17.2. The van der Waals surface area contributed by atoms with E-state index in [4.69, 9.17) is 17.3 Å². The zero-order valence-corrected chi connectivity index (χ0v) is 11.7. The molecule has 0 bridgehead atoms. The van der Waals surface area contributed by atoms with E-state index in [1.54, 1.807) is 18.2 Å². The summed E-state index contributed by atoms with van der Waals surface area (Å²) in [7, 11) is 0. The number of carbonyl (C=O) groups is 1. The molecule has 92 valence electrons. The fourth-order valence-electron chi connectivity index (χ4n) is 1.96. The van der Waals surface area contributed by atoms with Crippen molar-refractivity contribution in [2.24, 2.45) is 5.73 Å². The lowest BCUT2D eigenvalue weighted by Gasteiger charge is -2.30. The lowest BCUT2D eigenvalue weighted by molar-refractivity contribution is 0.0714. The van der Waals surface area contributed by atoms with E-state index in [1.165, 1.54) is 0 Å². The van der Waals surface area contributed by atoms with Gasteiger partial charge in [-0.25, -0.2) is 0 Å². The summed E-state index contributed by atoms with van der Waals surface area (Å²) in [5, 5.41) is 0.566. The summed E-state index contributed by atoms with van der Waals surface area (Å²) in [6, 6.07) is 5.49. The minimum Gasteiger partial charge on any atom is -0.339 e. The van der Waals surface area contributed by atoms with Crippen molar-refractivity contribution >= 4 is 33.4 Å². The number of nitrogens with two attached hydrogens (primary N) is 1. The van der Waals surface area contributed by atoms with Gasteiger partial charge in [0.05, 0.1) is 0 Å². The third-order valence-electron chi connectivity index (χ3n) is 2.94. The zero-order valence-electron chi connectivity index (χ0n) is 9.33. The zero-order chi connectivity index (χ0) is 12.4. The molecular weight excluding hydrogens is 304 g/mol. The van der Waals surface area contributed by atoms with E-state index in [0.29, 0.717) is 10.6 Å². The van der Waals surface area contributed by atoms with Gasteiger partial charge in [0.25, 0.3) is 5.91 Å². The molecule has 1 heterocycles. The van der Waals surface area contributed by atoms with Gasteiger partial charge >= 0.3 is 0 Å². The van der Waals surface area contributed by atoms with Crippen molar-refractivity contribution in [3.8, 4) is 0 Å². The highest BCUT2D eigenvalue weighted by Gasteiger charge is 2.21. The highest BCUT2D eigenvalue weighted by atomic mass is 79.9. The maximum atomic E-state index is 12.2. The molecule has 0 unspecified atom stereocenters. The van der Waals surface area contributed by atoms with Gasteiger partial charge in [0.1, 0.15) is 0 Å². The average molecular weight is 318 g/mol. The number of likely N-dealkylation sites (tertiary alicyclic amines) is 1. The number of amides is 1. The first-order chi connectivity index (χ1) is 8.06. The van der Waals surface area contributed by atoms with Gasteiger partial charge in [-0.15, -0.1) is 0 Å². The third kappa shape index (κ3) is 3.21. The minimum atomic E-state index is 0.0279. The van der Waals surface area contributed by atoms with Crippen LogP contribution in [0.5, 0.6) is 0 Å². The van der Waals surface area contributed by atoms with Crippen LogP contribution in [0.1, 0.15) is 23.2 Å². The second kappa shape index (κ2) is 5.38. The highest BCUT2D eigenvalue weighted by molar-refractivity contribution is 9.10. The van der Waals surface area contributed by atoms with Crippen molar-refractivity contribution in [2.75, 3.05) is 13.1 Å². The van der Waals surface area contributed by atoms with Crippen molar-refractivity contribution in [1.29, 1.82) is 0 Å². The van der Waals surface area contributed by atoms with Crippen molar-refractivity contribution in [1.82, 2.24) is 4.90 Å². The molecule has 0 aromatic heterocycles. The monoisotopic (exact) mass is 316 g/mol. The molecule has 1 aromatic carbocycles. The number of nitrogens with zero attached hydrogens (tertiary/aromatic N) is 1. The van der Waals surface area contributed by atoms with Crippen molar-refractivity contribution in [3.63, 3.8) is 0 Å². The molecule has 1 aromatic rings. The SMILES string of the molecule is NC1CCN(C(=O)c2cc(Cl)cc(Br)c2)CC1. The number of piperidine rings is 1. The Morgan fingerprint density at radius 2 is 2.00 bits per heavy atom. The quantitative estimate of drug-likeness (QED) is 0.865. The Kier molecular flexibility index (Phi) is 4.07. The van der Waals surface area contributed by atoms with E-state index in [1.807, 2.05) is 4.90 Å². The molecule has 1 aliphatic heterocycles. The number of halogens is 2. The summed E-state index contributed by atoms with van der Waals surface area (Å²) < 4.78 is 0.821. The van der Waals surface area contributed by atoms with E-state index in [9.17, 15) is 4.79 Å². The summed E-state index contributed by atoms with van der Waals surface area (Å²) in [5.41, 5.74) is 6.44. The summed E-state index contributed by atoms with van der Waals surface area (Å²) in [6.45, 7) is 1.45. The standard InChI is InChI=1S/C12H14BrClN2O/c13-9-5-8(6-10(14)7-9)12(17)16-3-1-11(15)2-4-16/h5-7,11H,1-4,15H2. The number of rotatable bonds is 1. The van der Waals surface area contributed by atoms with Crippen LogP contribution in [0.3, 0.4) is 0 Å². The van der Waals surface area contributed by atoms with Crippen LogP contribution < -0.4 is 5.73 Å². The summed E-state index contributed by atoms with van der Waals surface area (Å²) in [5.74, 6) is 0.0279. The third-order valence-corrected chi connectivity index (χ3v) is 3.61.